The molecule has 0 amide bonds. The molecule has 0 aromatic carbocycles. The Morgan fingerprint density at radius 1 is 1.29 bits per heavy atom. The lowest BCUT2D eigenvalue weighted by molar-refractivity contribution is 0.0697. The Morgan fingerprint density at radius 2 is 2.10 bits per heavy atom. The summed E-state index contributed by atoms with van der Waals surface area (Å²) in [7, 11) is 0. The van der Waals surface area contributed by atoms with Crippen molar-refractivity contribution in [2.75, 3.05) is 5.32 Å². The van der Waals surface area contributed by atoms with Gasteiger partial charge in [-0.25, -0.2) is 19.2 Å². The van der Waals surface area contributed by atoms with Crippen molar-refractivity contribution in [2.24, 2.45) is 0 Å². The molecule has 1 aliphatic carbocycles. The molecular formula is C23H23FN4O3. The SMILES string of the molecule is Cc1cc([C@@H](C)Nc2ncc(F)cc2C(=O)O)c2nc(C3=CCCCC3)cc(=O)n2c1. The predicted molar refractivity (Wildman–Crippen MR) is 116 cm³/mol. The number of fused-ring (bicyclic) bond motifs is 1. The Balaban J connectivity index is 1.81. The Bertz CT molecular complexity index is 1270. The third kappa shape index (κ3) is 4.19. The molecule has 3 aromatic heterocycles. The third-order valence-corrected chi connectivity index (χ3v) is 5.45. The molecule has 7 nitrogen and oxygen atoms in total. The number of pyridine rings is 2. The third-order valence-electron chi connectivity index (χ3n) is 5.45. The maximum absolute atomic E-state index is 13.5. The highest BCUT2D eigenvalue weighted by Crippen LogP contribution is 2.28. The minimum atomic E-state index is -1.28. The van der Waals surface area contributed by atoms with Crippen LogP contribution in [0.4, 0.5) is 10.2 Å². The van der Waals surface area contributed by atoms with E-state index in [1.54, 1.807) is 12.3 Å². The Morgan fingerprint density at radius 3 is 2.81 bits per heavy atom. The van der Waals surface area contributed by atoms with Crippen molar-refractivity contribution in [1.82, 2.24) is 14.4 Å². The highest BCUT2D eigenvalue weighted by atomic mass is 19.1. The highest BCUT2D eigenvalue weighted by Gasteiger charge is 2.19. The van der Waals surface area contributed by atoms with Crippen LogP contribution in [0.25, 0.3) is 11.2 Å². The van der Waals surface area contributed by atoms with E-state index in [2.05, 4.69) is 16.4 Å². The summed E-state index contributed by atoms with van der Waals surface area (Å²) in [5.74, 6) is -1.96. The molecular weight excluding hydrogens is 399 g/mol. The van der Waals surface area contributed by atoms with Crippen LogP contribution in [0.5, 0.6) is 0 Å². The number of allylic oxidation sites excluding steroid dienone is 2. The van der Waals surface area contributed by atoms with E-state index in [9.17, 15) is 19.1 Å². The lowest BCUT2D eigenvalue weighted by Gasteiger charge is -2.20. The lowest BCUT2D eigenvalue weighted by Crippen LogP contribution is -2.20. The van der Waals surface area contributed by atoms with Crippen molar-refractivity contribution in [2.45, 2.75) is 45.6 Å². The minimum Gasteiger partial charge on any atom is -0.478 e. The molecule has 2 N–H and O–H groups in total. The van der Waals surface area contributed by atoms with E-state index >= 15 is 0 Å². The molecule has 0 unspecified atom stereocenters. The number of aromatic carboxylic acids is 1. The summed E-state index contributed by atoms with van der Waals surface area (Å²) in [6.45, 7) is 3.70. The standard InChI is InChI=1S/C23H23FN4O3/c1-13-8-17(14(2)26-21-18(23(30)31)9-16(24)11-25-21)22-27-19(10-20(29)28(22)12-13)15-6-4-3-5-7-15/h6,8-12,14H,3-5,7H2,1-2H3,(H,25,26)(H,30,31)/t14-/m1/s1. The van der Waals surface area contributed by atoms with Gasteiger partial charge >= 0.3 is 5.97 Å². The molecule has 0 fully saturated rings. The van der Waals surface area contributed by atoms with E-state index in [0.29, 0.717) is 11.3 Å². The molecule has 0 saturated heterocycles. The Kier molecular flexibility index (Phi) is 5.54. The first-order chi connectivity index (χ1) is 14.8. The molecule has 0 radical (unpaired) electrons. The van der Waals surface area contributed by atoms with Gasteiger partial charge in [-0.3, -0.25) is 9.20 Å². The normalized spacial score (nSPS) is 14.9. The van der Waals surface area contributed by atoms with Gasteiger partial charge in [0.1, 0.15) is 22.8 Å². The van der Waals surface area contributed by atoms with Crippen molar-refractivity contribution in [3.8, 4) is 0 Å². The molecule has 1 aliphatic rings. The quantitative estimate of drug-likeness (QED) is 0.634. The topological polar surface area (TPSA) is 96.6 Å². The summed E-state index contributed by atoms with van der Waals surface area (Å²) in [4.78, 5) is 33.1. The van der Waals surface area contributed by atoms with Crippen molar-refractivity contribution in [3.05, 3.63) is 75.2 Å². The number of carboxylic acids is 1. The average Bonchev–Trinajstić information content (AvgIpc) is 2.75. The molecule has 31 heavy (non-hydrogen) atoms. The number of carbonyl (C=O) groups is 1. The largest absolute Gasteiger partial charge is 0.478 e. The summed E-state index contributed by atoms with van der Waals surface area (Å²) >= 11 is 0. The number of hydrogen-bond acceptors (Lipinski definition) is 5. The number of anilines is 1. The Hall–Kier alpha value is -3.55. The molecule has 8 heteroatoms. The first-order valence-electron chi connectivity index (χ1n) is 10.2. The first kappa shape index (κ1) is 20.7. The highest BCUT2D eigenvalue weighted by molar-refractivity contribution is 5.93. The van der Waals surface area contributed by atoms with E-state index in [-0.39, 0.29) is 16.9 Å². The summed E-state index contributed by atoms with van der Waals surface area (Å²) in [6.07, 6.45) is 8.91. The lowest BCUT2D eigenvalue weighted by atomic mass is 9.97. The molecule has 3 aromatic rings. The zero-order valence-electron chi connectivity index (χ0n) is 17.4. The van der Waals surface area contributed by atoms with Gasteiger partial charge in [-0.1, -0.05) is 6.08 Å². The number of halogens is 1. The maximum Gasteiger partial charge on any atom is 0.339 e. The number of aryl methyl sites for hydroxylation is 1. The second-order valence-corrected chi connectivity index (χ2v) is 7.84. The van der Waals surface area contributed by atoms with Crippen LogP contribution in [0.1, 0.15) is 65.8 Å². The van der Waals surface area contributed by atoms with E-state index in [1.807, 2.05) is 19.9 Å². The molecule has 0 bridgehead atoms. The van der Waals surface area contributed by atoms with Gasteiger partial charge in [0, 0.05) is 17.8 Å². The summed E-state index contributed by atoms with van der Waals surface area (Å²) < 4.78 is 15.0. The average molecular weight is 422 g/mol. The number of hydrogen-bond donors (Lipinski definition) is 2. The number of carboxylic acid groups (broad SMARTS) is 1. The zero-order chi connectivity index (χ0) is 22.1. The number of nitrogens with zero attached hydrogens (tertiary/aromatic N) is 3. The van der Waals surface area contributed by atoms with Gasteiger partial charge in [-0.05, 0) is 62.8 Å². The van der Waals surface area contributed by atoms with Gasteiger partial charge in [0.05, 0.1) is 17.9 Å². The molecule has 0 spiro atoms. The van der Waals surface area contributed by atoms with Crippen LogP contribution in [-0.2, 0) is 0 Å². The summed E-state index contributed by atoms with van der Waals surface area (Å²) in [5.41, 5.74) is 3.39. The molecule has 0 aliphatic heterocycles. The number of nitrogens with one attached hydrogen (secondary N) is 1. The maximum atomic E-state index is 13.5. The summed E-state index contributed by atoms with van der Waals surface area (Å²) in [5, 5.41) is 12.4. The number of rotatable bonds is 5. The predicted octanol–water partition coefficient (Wildman–Crippen LogP) is 4.37. The van der Waals surface area contributed by atoms with E-state index in [0.717, 1.165) is 54.6 Å². The first-order valence-corrected chi connectivity index (χ1v) is 10.2. The smallest absolute Gasteiger partial charge is 0.339 e. The zero-order valence-corrected chi connectivity index (χ0v) is 17.4. The van der Waals surface area contributed by atoms with Crippen molar-refractivity contribution in [3.63, 3.8) is 0 Å². The van der Waals surface area contributed by atoms with Crippen LogP contribution in [0.3, 0.4) is 0 Å². The van der Waals surface area contributed by atoms with Gasteiger partial charge < -0.3 is 10.4 Å². The molecule has 1 atom stereocenters. The number of aromatic nitrogens is 3. The van der Waals surface area contributed by atoms with Gasteiger partial charge in [0.25, 0.3) is 5.56 Å². The molecule has 4 rings (SSSR count). The van der Waals surface area contributed by atoms with E-state index < -0.39 is 17.8 Å². The summed E-state index contributed by atoms with van der Waals surface area (Å²) in [6, 6.07) is 3.96. The fraction of sp³-hybridized carbons (Fsp3) is 0.304. The van der Waals surface area contributed by atoms with Gasteiger partial charge in [0.2, 0.25) is 0 Å². The van der Waals surface area contributed by atoms with Crippen LogP contribution >= 0.6 is 0 Å². The van der Waals surface area contributed by atoms with E-state index in [4.69, 9.17) is 4.98 Å². The molecule has 3 heterocycles. The van der Waals surface area contributed by atoms with Crippen LogP contribution < -0.4 is 10.9 Å². The van der Waals surface area contributed by atoms with E-state index in [1.165, 1.54) is 4.40 Å². The fourth-order valence-corrected chi connectivity index (χ4v) is 3.92. The molecule has 0 saturated carbocycles. The molecule has 160 valence electrons. The van der Waals surface area contributed by atoms with Gasteiger partial charge in [-0.2, -0.15) is 0 Å². The Labute approximate surface area is 178 Å². The van der Waals surface area contributed by atoms with Crippen molar-refractivity contribution < 1.29 is 14.3 Å². The van der Waals surface area contributed by atoms with Crippen molar-refractivity contribution >= 4 is 23.0 Å². The monoisotopic (exact) mass is 422 g/mol. The second-order valence-electron chi connectivity index (χ2n) is 7.84. The van der Waals surface area contributed by atoms with Crippen LogP contribution in [0.2, 0.25) is 0 Å². The van der Waals surface area contributed by atoms with Gasteiger partial charge in [-0.15, -0.1) is 0 Å². The van der Waals surface area contributed by atoms with Crippen LogP contribution in [0, 0.1) is 12.7 Å². The van der Waals surface area contributed by atoms with Gasteiger partial charge in [0.15, 0.2) is 0 Å². The van der Waals surface area contributed by atoms with Crippen LogP contribution in [-0.4, -0.2) is 25.4 Å². The minimum absolute atomic E-state index is 0.0505. The van der Waals surface area contributed by atoms with Crippen LogP contribution in [0.15, 0.2) is 41.5 Å². The fourth-order valence-electron chi connectivity index (χ4n) is 3.92. The van der Waals surface area contributed by atoms with Crippen molar-refractivity contribution in [1.29, 1.82) is 0 Å². The second kappa shape index (κ2) is 8.29.